The molecule has 22 heavy (non-hydrogen) atoms. The van der Waals surface area contributed by atoms with Crippen molar-refractivity contribution >= 4 is 11.0 Å². The molecule has 0 aliphatic carbocycles. The SMILES string of the molecule is CC.CCOc1cc(C)c(O)c(-n2nc3ccccc3n2)c1. The molecule has 5 nitrogen and oxygen atoms in total. The minimum Gasteiger partial charge on any atom is -0.505 e. The summed E-state index contributed by atoms with van der Waals surface area (Å²) >= 11 is 0. The van der Waals surface area contributed by atoms with Gasteiger partial charge in [-0.2, -0.15) is 0 Å². The van der Waals surface area contributed by atoms with Gasteiger partial charge in [-0.15, -0.1) is 15.0 Å². The largest absolute Gasteiger partial charge is 0.505 e. The molecule has 3 aromatic rings. The number of phenolic OH excluding ortho intramolecular Hbond substituents is 1. The number of hydrogen-bond donors (Lipinski definition) is 1. The third-order valence-electron chi connectivity index (χ3n) is 3.07. The highest BCUT2D eigenvalue weighted by molar-refractivity contribution is 5.73. The number of rotatable bonds is 3. The summed E-state index contributed by atoms with van der Waals surface area (Å²) in [4.78, 5) is 1.44. The summed E-state index contributed by atoms with van der Waals surface area (Å²) in [7, 11) is 0. The molecule has 1 N–H and O–H groups in total. The Balaban J connectivity index is 0.000000847. The third kappa shape index (κ3) is 3.03. The van der Waals surface area contributed by atoms with Gasteiger partial charge in [0.25, 0.3) is 0 Å². The van der Waals surface area contributed by atoms with Crippen LogP contribution in [0.5, 0.6) is 11.5 Å². The molecule has 116 valence electrons. The number of benzene rings is 2. The van der Waals surface area contributed by atoms with Gasteiger partial charge in [0.2, 0.25) is 0 Å². The summed E-state index contributed by atoms with van der Waals surface area (Å²) in [6.45, 7) is 8.31. The van der Waals surface area contributed by atoms with E-state index in [2.05, 4.69) is 10.2 Å². The molecule has 0 radical (unpaired) electrons. The zero-order valence-corrected chi connectivity index (χ0v) is 13.4. The van der Waals surface area contributed by atoms with Crippen molar-refractivity contribution in [1.82, 2.24) is 15.0 Å². The second-order valence-electron chi connectivity index (χ2n) is 4.52. The fourth-order valence-electron chi connectivity index (χ4n) is 2.10. The maximum Gasteiger partial charge on any atom is 0.146 e. The van der Waals surface area contributed by atoms with Crippen LogP contribution in [0.15, 0.2) is 36.4 Å². The molecule has 0 aliphatic rings. The van der Waals surface area contributed by atoms with Gasteiger partial charge >= 0.3 is 0 Å². The zero-order chi connectivity index (χ0) is 16.1. The van der Waals surface area contributed by atoms with Crippen molar-refractivity contribution in [3.8, 4) is 17.2 Å². The maximum atomic E-state index is 10.2. The number of phenols is 1. The number of ether oxygens (including phenoxy) is 1. The minimum absolute atomic E-state index is 0.161. The first-order chi connectivity index (χ1) is 10.7. The van der Waals surface area contributed by atoms with E-state index in [0.29, 0.717) is 18.0 Å². The fraction of sp³-hybridized carbons (Fsp3) is 0.294. The molecule has 1 heterocycles. The summed E-state index contributed by atoms with van der Waals surface area (Å²) < 4.78 is 5.50. The first kappa shape index (κ1) is 15.8. The van der Waals surface area contributed by atoms with Crippen LogP contribution in [0.25, 0.3) is 16.7 Å². The van der Waals surface area contributed by atoms with E-state index in [1.54, 1.807) is 12.1 Å². The summed E-state index contributed by atoms with van der Waals surface area (Å²) in [5.41, 5.74) is 2.81. The third-order valence-corrected chi connectivity index (χ3v) is 3.07. The van der Waals surface area contributed by atoms with Gasteiger partial charge in [-0.05, 0) is 37.6 Å². The van der Waals surface area contributed by atoms with Crippen LogP contribution in [-0.4, -0.2) is 26.7 Å². The first-order valence-electron chi connectivity index (χ1n) is 7.48. The van der Waals surface area contributed by atoms with Gasteiger partial charge < -0.3 is 9.84 Å². The number of aromatic hydroxyl groups is 1. The Kier molecular flexibility index (Phi) is 4.99. The van der Waals surface area contributed by atoms with Gasteiger partial charge in [0.15, 0.2) is 0 Å². The summed E-state index contributed by atoms with van der Waals surface area (Å²) in [5, 5.41) is 19.0. The molecule has 0 atom stereocenters. The van der Waals surface area contributed by atoms with Crippen molar-refractivity contribution in [3.05, 3.63) is 42.0 Å². The molecule has 2 aromatic carbocycles. The van der Waals surface area contributed by atoms with Crippen molar-refractivity contribution in [2.75, 3.05) is 6.61 Å². The highest BCUT2D eigenvalue weighted by Crippen LogP contribution is 2.30. The molecule has 0 unspecified atom stereocenters. The number of fused-ring (bicyclic) bond motifs is 1. The molecule has 0 saturated heterocycles. The Labute approximate surface area is 130 Å². The van der Waals surface area contributed by atoms with Crippen molar-refractivity contribution < 1.29 is 9.84 Å². The van der Waals surface area contributed by atoms with Gasteiger partial charge in [-0.1, -0.05) is 26.0 Å². The summed E-state index contributed by atoms with van der Waals surface area (Å²) in [5.74, 6) is 0.855. The van der Waals surface area contributed by atoms with E-state index in [1.165, 1.54) is 4.80 Å². The van der Waals surface area contributed by atoms with E-state index in [9.17, 15) is 5.11 Å². The average molecular weight is 299 g/mol. The molecule has 1 aromatic heterocycles. The van der Waals surface area contributed by atoms with Crippen LogP contribution in [0.4, 0.5) is 0 Å². The fourth-order valence-corrected chi connectivity index (χ4v) is 2.10. The van der Waals surface area contributed by atoms with Crippen LogP contribution < -0.4 is 4.74 Å². The zero-order valence-electron chi connectivity index (χ0n) is 13.4. The van der Waals surface area contributed by atoms with Crippen LogP contribution in [-0.2, 0) is 0 Å². The Bertz CT molecular complexity index is 733. The Hall–Kier alpha value is -2.56. The number of nitrogens with zero attached hydrogens (tertiary/aromatic N) is 3. The average Bonchev–Trinajstić information content (AvgIpc) is 2.96. The summed E-state index contributed by atoms with van der Waals surface area (Å²) in [6.07, 6.45) is 0. The Morgan fingerprint density at radius 1 is 1.09 bits per heavy atom. The van der Waals surface area contributed by atoms with Crippen LogP contribution in [0.1, 0.15) is 26.3 Å². The standard InChI is InChI=1S/C15H15N3O2.C2H6/c1-3-20-11-8-10(2)15(19)14(9-11)18-16-12-6-4-5-7-13(12)17-18;1-2/h4-9,19H,3H2,1-2H3;1-2H3. The molecule has 0 spiro atoms. The van der Waals surface area contributed by atoms with E-state index >= 15 is 0 Å². The molecular weight excluding hydrogens is 278 g/mol. The monoisotopic (exact) mass is 299 g/mol. The predicted molar refractivity (Wildman–Crippen MR) is 87.8 cm³/mol. The molecule has 5 heteroatoms. The lowest BCUT2D eigenvalue weighted by atomic mass is 10.2. The van der Waals surface area contributed by atoms with Crippen molar-refractivity contribution in [1.29, 1.82) is 0 Å². The topological polar surface area (TPSA) is 60.2 Å². The van der Waals surface area contributed by atoms with Crippen LogP contribution in [0.2, 0.25) is 0 Å². The lowest BCUT2D eigenvalue weighted by molar-refractivity contribution is 0.338. The van der Waals surface area contributed by atoms with Gasteiger partial charge in [0.05, 0.1) is 6.61 Å². The van der Waals surface area contributed by atoms with Crippen LogP contribution in [0, 0.1) is 6.92 Å². The second-order valence-corrected chi connectivity index (χ2v) is 4.52. The number of hydrogen-bond acceptors (Lipinski definition) is 4. The Morgan fingerprint density at radius 2 is 1.68 bits per heavy atom. The van der Waals surface area contributed by atoms with Gasteiger partial charge in [0.1, 0.15) is 28.2 Å². The summed E-state index contributed by atoms with van der Waals surface area (Å²) in [6, 6.07) is 11.1. The van der Waals surface area contributed by atoms with Crippen LogP contribution in [0.3, 0.4) is 0 Å². The number of aryl methyl sites for hydroxylation is 1. The molecule has 3 rings (SSSR count). The van der Waals surface area contributed by atoms with Gasteiger partial charge in [-0.3, -0.25) is 0 Å². The first-order valence-corrected chi connectivity index (χ1v) is 7.48. The normalized spacial score (nSPS) is 10.2. The quantitative estimate of drug-likeness (QED) is 0.797. The molecule has 0 saturated carbocycles. The maximum absolute atomic E-state index is 10.2. The second kappa shape index (κ2) is 6.93. The molecular formula is C17H21N3O2. The van der Waals surface area contributed by atoms with Gasteiger partial charge in [-0.25, -0.2) is 0 Å². The van der Waals surface area contributed by atoms with Crippen molar-refractivity contribution in [3.63, 3.8) is 0 Å². The minimum atomic E-state index is 0.161. The van der Waals surface area contributed by atoms with E-state index in [-0.39, 0.29) is 5.75 Å². The highest BCUT2D eigenvalue weighted by atomic mass is 16.5. The van der Waals surface area contributed by atoms with E-state index in [1.807, 2.05) is 52.0 Å². The predicted octanol–water partition coefficient (Wildman–Crippen LogP) is 3.86. The smallest absolute Gasteiger partial charge is 0.146 e. The molecule has 0 fully saturated rings. The van der Waals surface area contributed by atoms with E-state index in [0.717, 1.165) is 16.6 Å². The Morgan fingerprint density at radius 3 is 2.23 bits per heavy atom. The van der Waals surface area contributed by atoms with E-state index in [4.69, 9.17) is 4.74 Å². The van der Waals surface area contributed by atoms with E-state index < -0.39 is 0 Å². The lowest BCUT2D eigenvalue weighted by Crippen LogP contribution is -2.01. The van der Waals surface area contributed by atoms with Gasteiger partial charge in [0, 0.05) is 6.07 Å². The van der Waals surface area contributed by atoms with Crippen molar-refractivity contribution in [2.24, 2.45) is 0 Å². The molecule has 0 bridgehead atoms. The highest BCUT2D eigenvalue weighted by Gasteiger charge is 2.12. The molecule has 0 amide bonds. The molecule has 0 aliphatic heterocycles. The van der Waals surface area contributed by atoms with Crippen LogP contribution >= 0.6 is 0 Å². The van der Waals surface area contributed by atoms with Crippen molar-refractivity contribution in [2.45, 2.75) is 27.7 Å². The number of aromatic nitrogens is 3. The lowest BCUT2D eigenvalue weighted by Gasteiger charge is -2.10.